The molecule has 0 unspecified atom stereocenters. The minimum absolute atomic E-state index is 0.137. The van der Waals surface area contributed by atoms with Crippen LogP contribution in [0.4, 0.5) is 0 Å². The normalized spacial score (nSPS) is 10.9. The third-order valence-corrected chi connectivity index (χ3v) is 1.02. The molecule has 0 aromatic heterocycles. The van der Waals surface area contributed by atoms with Gasteiger partial charge in [-0.05, 0) is 6.08 Å². The van der Waals surface area contributed by atoms with E-state index in [4.69, 9.17) is 11.6 Å². The van der Waals surface area contributed by atoms with E-state index < -0.39 is 5.97 Å². The minimum Gasteiger partial charge on any atom is -0.490 e. The van der Waals surface area contributed by atoms with Gasteiger partial charge in [0.2, 0.25) is 5.76 Å². The molecule has 0 aliphatic heterocycles. The first-order valence-corrected chi connectivity index (χ1v) is 3.18. The molecule has 0 heterocycles. The molecule has 0 N–H and O–H groups in total. The third kappa shape index (κ3) is 2.73. The monoisotopic (exact) mass is 164 g/mol. The zero-order chi connectivity index (χ0) is 7.98. The number of carbonyl (C=O) groups is 1. The van der Waals surface area contributed by atoms with E-state index in [0.717, 1.165) is 0 Å². The number of esters is 1. The molecule has 0 fully saturated rings. The molecule has 0 amide bonds. The van der Waals surface area contributed by atoms with Crippen molar-refractivity contribution in [3.05, 3.63) is 11.8 Å². The van der Waals surface area contributed by atoms with E-state index in [2.05, 4.69) is 9.47 Å². The van der Waals surface area contributed by atoms with Crippen LogP contribution >= 0.6 is 11.6 Å². The van der Waals surface area contributed by atoms with Gasteiger partial charge in [-0.3, -0.25) is 0 Å². The number of hydrogen-bond acceptors (Lipinski definition) is 3. The van der Waals surface area contributed by atoms with Crippen molar-refractivity contribution >= 4 is 17.6 Å². The summed E-state index contributed by atoms with van der Waals surface area (Å²) in [6, 6.07) is 0. The highest BCUT2D eigenvalue weighted by Gasteiger charge is 2.07. The van der Waals surface area contributed by atoms with Crippen LogP contribution in [0.1, 0.15) is 0 Å². The smallest absolute Gasteiger partial charge is 0.373 e. The van der Waals surface area contributed by atoms with E-state index in [-0.39, 0.29) is 11.6 Å². The van der Waals surface area contributed by atoms with Crippen LogP contribution < -0.4 is 0 Å². The quantitative estimate of drug-likeness (QED) is 0.270. The Labute approximate surface area is 64.6 Å². The van der Waals surface area contributed by atoms with Crippen molar-refractivity contribution < 1.29 is 14.3 Å². The standard InChI is InChI=1S/C6H9ClO3/c1-9-5(3-4-7)6(8)10-2/h3H,4H2,1-2H3. The van der Waals surface area contributed by atoms with Gasteiger partial charge in [0.1, 0.15) is 0 Å². The van der Waals surface area contributed by atoms with E-state index in [1.165, 1.54) is 20.3 Å². The molecule has 0 aliphatic rings. The molecule has 0 bridgehead atoms. The van der Waals surface area contributed by atoms with Crippen LogP contribution in [0, 0.1) is 0 Å². The molecule has 4 heteroatoms. The Balaban J connectivity index is 4.06. The van der Waals surface area contributed by atoms with Gasteiger partial charge in [0.15, 0.2) is 0 Å². The molecular formula is C6H9ClO3. The first-order valence-electron chi connectivity index (χ1n) is 2.64. The first-order chi connectivity index (χ1) is 4.76. The number of hydrogen-bond donors (Lipinski definition) is 0. The minimum atomic E-state index is -0.511. The van der Waals surface area contributed by atoms with Crippen LogP contribution in [0.15, 0.2) is 11.8 Å². The van der Waals surface area contributed by atoms with E-state index in [0.29, 0.717) is 0 Å². The lowest BCUT2D eigenvalue weighted by molar-refractivity contribution is -0.139. The fourth-order valence-corrected chi connectivity index (χ4v) is 0.561. The van der Waals surface area contributed by atoms with Gasteiger partial charge in [0, 0.05) is 5.88 Å². The van der Waals surface area contributed by atoms with Gasteiger partial charge in [0.05, 0.1) is 14.2 Å². The lowest BCUT2D eigenvalue weighted by atomic mass is 10.5. The molecule has 0 aromatic rings. The summed E-state index contributed by atoms with van der Waals surface area (Å²) in [6.07, 6.45) is 1.44. The van der Waals surface area contributed by atoms with Crippen LogP contribution in [0.2, 0.25) is 0 Å². The van der Waals surface area contributed by atoms with Gasteiger partial charge in [-0.15, -0.1) is 11.6 Å². The van der Waals surface area contributed by atoms with Gasteiger partial charge in [-0.25, -0.2) is 4.79 Å². The van der Waals surface area contributed by atoms with E-state index >= 15 is 0 Å². The van der Waals surface area contributed by atoms with Crippen molar-refractivity contribution in [2.24, 2.45) is 0 Å². The average Bonchev–Trinajstić information content (AvgIpc) is 1.99. The topological polar surface area (TPSA) is 35.5 Å². The number of rotatable bonds is 3. The van der Waals surface area contributed by atoms with Gasteiger partial charge >= 0.3 is 5.97 Å². The maximum atomic E-state index is 10.7. The summed E-state index contributed by atoms with van der Waals surface area (Å²) in [5.41, 5.74) is 0. The zero-order valence-electron chi connectivity index (χ0n) is 5.89. The molecule has 0 atom stereocenters. The molecule has 0 saturated heterocycles. The van der Waals surface area contributed by atoms with Crippen LogP contribution in [0.25, 0.3) is 0 Å². The molecule has 0 aromatic carbocycles. The van der Waals surface area contributed by atoms with Crippen LogP contribution in [0.3, 0.4) is 0 Å². The number of allylic oxidation sites excluding steroid dienone is 1. The van der Waals surface area contributed by atoms with Gasteiger partial charge in [-0.2, -0.15) is 0 Å². The van der Waals surface area contributed by atoms with E-state index in [1.54, 1.807) is 0 Å². The van der Waals surface area contributed by atoms with Crippen molar-refractivity contribution in [3.63, 3.8) is 0 Å². The third-order valence-electron chi connectivity index (χ3n) is 0.869. The van der Waals surface area contributed by atoms with E-state index in [9.17, 15) is 4.79 Å². The van der Waals surface area contributed by atoms with Gasteiger partial charge in [-0.1, -0.05) is 0 Å². The van der Waals surface area contributed by atoms with Crippen molar-refractivity contribution in [2.45, 2.75) is 0 Å². The van der Waals surface area contributed by atoms with Crippen LogP contribution in [-0.4, -0.2) is 26.1 Å². The van der Waals surface area contributed by atoms with E-state index in [1.807, 2.05) is 0 Å². The van der Waals surface area contributed by atoms with Crippen molar-refractivity contribution in [1.82, 2.24) is 0 Å². The lowest BCUT2D eigenvalue weighted by Gasteiger charge is -2.01. The Kier molecular flexibility index (Phi) is 4.76. The van der Waals surface area contributed by atoms with Crippen molar-refractivity contribution in [3.8, 4) is 0 Å². The molecular weight excluding hydrogens is 156 g/mol. The van der Waals surface area contributed by atoms with Crippen LogP contribution in [0.5, 0.6) is 0 Å². The highest BCUT2D eigenvalue weighted by Crippen LogP contribution is 1.97. The molecule has 0 saturated carbocycles. The van der Waals surface area contributed by atoms with Gasteiger partial charge in [0.25, 0.3) is 0 Å². The second-order valence-corrected chi connectivity index (χ2v) is 1.73. The second-order valence-electron chi connectivity index (χ2n) is 1.42. The fourth-order valence-electron chi connectivity index (χ4n) is 0.421. The molecule has 0 radical (unpaired) electrons. The predicted molar refractivity (Wildman–Crippen MR) is 37.8 cm³/mol. The number of ether oxygens (including phenoxy) is 2. The van der Waals surface area contributed by atoms with Gasteiger partial charge < -0.3 is 9.47 Å². The Hall–Kier alpha value is -0.700. The maximum Gasteiger partial charge on any atom is 0.373 e. The molecule has 3 nitrogen and oxygen atoms in total. The molecule has 0 spiro atoms. The molecule has 0 rings (SSSR count). The number of methoxy groups -OCH3 is 2. The highest BCUT2D eigenvalue weighted by molar-refractivity contribution is 6.19. The maximum absolute atomic E-state index is 10.7. The number of carbonyl (C=O) groups excluding carboxylic acids is 1. The summed E-state index contributed by atoms with van der Waals surface area (Å²) in [5, 5.41) is 0. The Morgan fingerprint density at radius 3 is 2.40 bits per heavy atom. The Morgan fingerprint density at radius 1 is 1.50 bits per heavy atom. The summed E-state index contributed by atoms with van der Waals surface area (Å²) < 4.78 is 9.01. The number of alkyl halides is 1. The molecule has 58 valence electrons. The lowest BCUT2D eigenvalue weighted by Crippen LogP contribution is -2.06. The number of halogens is 1. The van der Waals surface area contributed by atoms with Crippen molar-refractivity contribution in [1.29, 1.82) is 0 Å². The first kappa shape index (κ1) is 9.30. The largest absolute Gasteiger partial charge is 0.490 e. The summed E-state index contributed by atoms with van der Waals surface area (Å²) in [6.45, 7) is 0. The Bertz CT molecular complexity index is 142. The summed E-state index contributed by atoms with van der Waals surface area (Å²) >= 11 is 5.31. The highest BCUT2D eigenvalue weighted by atomic mass is 35.5. The molecule has 0 aliphatic carbocycles. The molecule has 10 heavy (non-hydrogen) atoms. The zero-order valence-corrected chi connectivity index (χ0v) is 6.64. The fraction of sp³-hybridized carbons (Fsp3) is 0.500. The summed E-state index contributed by atoms with van der Waals surface area (Å²) in [5.74, 6) is -0.140. The Morgan fingerprint density at radius 2 is 2.10 bits per heavy atom. The second kappa shape index (κ2) is 5.11. The summed E-state index contributed by atoms with van der Waals surface area (Å²) in [7, 11) is 2.67. The summed E-state index contributed by atoms with van der Waals surface area (Å²) in [4.78, 5) is 10.7. The predicted octanol–water partition coefficient (Wildman–Crippen LogP) is 0.928. The average molecular weight is 165 g/mol. The van der Waals surface area contributed by atoms with Crippen molar-refractivity contribution in [2.75, 3.05) is 20.1 Å². The van der Waals surface area contributed by atoms with Crippen LogP contribution in [-0.2, 0) is 14.3 Å². The SMILES string of the molecule is COC(=O)C(=CCCl)OC.